The van der Waals surface area contributed by atoms with Gasteiger partial charge < -0.3 is 19.6 Å². The molecule has 0 aromatic rings. The highest BCUT2D eigenvalue weighted by molar-refractivity contribution is 6.77. The Bertz CT molecular complexity index is 707. The second-order valence-corrected chi connectivity index (χ2v) is 17.4. The summed E-state index contributed by atoms with van der Waals surface area (Å²) in [5, 5.41) is 13.3. The molecule has 1 unspecified atom stereocenters. The van der Waals surface area contributed by atoms with Crippen LogP contribution in [0.5, 0.6) is 0 Å². The average Bonchev–Trinajstić information content (AvgIpc) is 2.66. The van der Waals surface area contributed by atoms with Gasteiger partial charge in [0.05, 0.1) is 6.10 Å². The average molecular weight is 494 g/mol. The highest BCUT2D eigenvalue weighted by Crippen LogP contribution is 2.46. The first-order valence-corrected chi connectivity index (χ1v) is 15.2. The maximum absolute atomic E-state index is 11.7. The number of carbonyl (C=O) groups is 1. The summed E-state index contributed by atoms with van der Waals surface area (Å²) in [6.45, 7) is 26.5. The smallest absolute Gasteiger partial charge is 0.407 e. The standard InChI is InChI=1S/C28H51NO4Si/c1-19(2)34(20(3)4,21(5)6)33-26-17-22(7)16-24(23(26)8)18-25(30)14-12-13-15-29-27(31)32-28(9,10)11/h19-22,24-26,30H,8,13,15-18H2,1-7,9-11H3,(H,29,31)/t22-,24+,25?,26-/m1/s1. The van der Waals surface area contributed by atoms with Gasteiger partial charge in [-0.3, -0.25) is 0 Å². The second-order valence-electron chi connectivity index (χ2n) is 12.0. The monoisotopic (exact) mass is 493 g/mol. The van der Waals surface area contributed by atoms with Crippen LogP contribution in [-0.4, -0.2) is 43.9 Å². The Hall–Kier alpha value is -1.29. The predicted octanol–water partition coefficient (Wildman–Crippen LogP) is 6.82. The molecule has 0 radical (unpaired) electrons. The molecule has 1 rings (SSSR count). The lowest BCUT2D eigenvalue weighted by Crippen LogP contribution is -2.51. The Morgan fingerprint density at radius 1 is 1.15 bits per heavy atom. The van der Waals surface area contributed by atoms with Crippen LogP contribution in [0.2, 0.25) is 16.6 Å². The molecule has 1 aliphatic carbocycles. The number of aliphatic hydroxyl groups excluding tert-OH is 1. The quantitative estimate of drug-likeness (QED) is 0.160. The van der Waals surface area contributed by atoms with Gasteiger partial charge in [-0.1, -0.05) is 66.9 Å². The van der Waals surface area contributed by atoms with Crippen LogP contribution in [0.15, 0.2) is 12.2 Å². The number of hydrogen-bond acceptors (Lipinski definition) is 4. The third kappa shape index (κ3) is 9.05. The summed E-state index contributed by atoms with van der Waals surface area (Å²) < 4.78 is 12.3. The van der Waals surface area contributed by atoms with Crippen LogP contribution >= 0.6 is 0 Å². The molecular weight excluding hydrogens is 442 g/mol. The van der Waals surface area contributed by atoms with Crippen molar-refractivity contribution in [1.82, 2.24) is 5.32 Å². The van der Waals surface area contributed by atoms with Gasteiger partial charge in [0.1, 0.15) is 11.7 Å². The predicted molar refractivity (Wildman–Crippen MR) is 144 cm³/mol. The summed E-state index contributed by atoms with van der Waals surface area (Å²) in [6.07, 6.45) is 1.97. The summed E-state index contributed by atoms with van der Waals surface area (Å²) in [5.41, 5.74) is 2.20. The minimum Gasteiger partial charge on any atom is -0.444 e. The van der Waals surface area contributed by atoms with Gasteiger partial charge in [-0.25, -0.2) is 4.79 Å². The first-order valence-electron chi connectivity index (χ1n) is 13.1. The summed E-state index contributed by atoms with van der Waals surface area (Å²) in [6, 6.07) is 0. The minimum atomic E-state index is -2.01. The SMILES string of the molecule is C=C1[C@H](CC(O)C#CCCNC(=O)OC(C)(C)C)C[C@@H](C)C[C@H]1O[Si](C(C)C)(C(C)C)C(C)C. The van der Waals surface area contributed by atoms with Crippen molar-refractivity contribution in [2.24, 2.45) is 11.8 Å². The van der Waals surface area contributed by atoms with Crippen LogP contribution < -0.4 is 5.32 Å². The van der Waals surface area contributed by atoms with E-state index in [1.807, 2.05) is 20.8 Å². The molecule has 1 amide bonds. The number of hydrogen-bond donors (Lipinski definition) is 2. The number of rotatable bonds is 9. The van der Waals surface area contributed by atoms with E-state index in [9.17, 15) is 9.90 Å². The summed E-state index contributed by atoms with van der Waals surface area (Å²) in [5.74, 6) is 6.66. The first-order chi connectivity index (χ1) is 15.6. The molecule has 0 bridgehead atoms. The van der Waals surface area contributed by atoms with Crippen LogP contribution in [-0.2, 0) is 9.16 Å². The molecule has 5 nitrogen and oxygen atoms in total. The van der Waals surface area contributed by atoms with E-state index in [1.54, 1.807) is 0 Å². The molecule has 34 heavy (non-hydrogen) atoms. The van der Waals surface area contributed by atoms with Crippen molar-refractivity contribution in [2.75, 3.05) is 6.54 Å². The van der Waals surface area contributed by atoms with Crippen molar-refractivity contribution in [2.45, 2.75) is 129 Å². The van der Waals surface area contributed by atoms with Gasteiger partial charge in [-0.2, -0.15) is 0 Å². The van der Waals surface area contributed by atoms with Crippen molar-refractivity contribution in [3.63, 3.8) is 0 Å². The van der Waals surface area contributed by atoms with E-state index in [2.05, 4.69) is 72.2 Å². The maximum Gasteiger partial charge on any atom is 0.407 e. The van der Waals surface area contributed by atoms with Crippen molar-refractivity contribution in [3.8, 4) is 11.8 Å². The lowest BCUT2D eigenvalue weighted by molar-refractivity contribution is 0.0529. The van der Waals surface area contributed by atoms with Crippen LogP contribution in [0.3, 0.4) is 0 Å². The molecule has 196 valence electrons. The molecule has 0 aromatic carbocycles. The molecule has 6 heteroatoms. The second kappa shape index (κ2) is 13.1. The topological polar surface area (TPSA) is 67.8 Å². The number of ether oxygens (including phenoxy) is 1. The van der Waals surface area contributed by atoms with Gasteiger partial charge in [0.15, 0.2) is 0 Å². The fourth-order valence-corrected chi connectivity index (χ4v) is 11.2. The van der Waals surface area contributed by atoms with E-state index in [0.29, 0.717) is 41.9 Å². The largest absolute Gasteiger partial charge is 0.444 e. The fraction of sp³-hybridized carbons (Fsp3) is 0.821. The highest BCUT2D eigenvalue weighted by Gasteiger charge is 2.48. The molecule has 1 saturated carbocycles. The van der Waals surface area contributed by atoms with Crippen molar-refractivity contribution < 1.29 is 19.1 Å². The first kappa shape index (κ1) is 30.7. The molecule has 4 atom stereocenters. The third-order valence-corrected chi connectivity index (χ3v) is 13.1. The van der Waals surface area contributed by atoms with E-state index >= 15 is 0 Å². The normalized spacial score (nSPS) is 22.5. The maximum atomic E-state index is 11.7. The number of alkyl carbamates (subject to hydrolysis) is 1. The van der Waals surface area contributed by atoms with E-state index < -0.39 is 26.1 Å². The Kier molecular flexibility index (Phi) is 11.9. The van der Waals surface area contributed by atoms with E-state index in [4.69, 9.17) is 9.16 Å². The molecule has 0 heterocycles. The van der Waals surface area contributed by atoms with Gasteiger partial charge in [0.2, 0.25) is 8.32 Å². The molecular formula is C28H51NO4Si. The minimum absolute atomic E-state index is 0.0609. The van der Waals surface area contributed by atoms with Crippen LogP contribution in [0.4, 0.5) is 4.79 Å². The highest BCUT2D eigenvalue weighted by atomic mass is 28.4. The van der Waals surface area contributed by atoms with Gasteiger partial charge in [-0.05, 0) is 74.1 Å². The van der Waals surface area contributed by atoms with Gasteiger partial charge in [-0.15, -0.1) is 0 Å². The summed E-state index contributed by atoms with van der Waals surface area (Å²) in [4.78, 5) is 11.7. The third-order valence-electron chi connectivity index (χ3n) is 6.99. The molecule has 2 N–H and O–H groups in total. The Labute approximate surface area is 210 Å². The number of nitrogens with one attached hydrogen (secondary N) is 1. The van der Waals surface area contributed by atoms with Crippen molar-refractivity contribution in [3.05, 3.63) is 12.2 Å². The molecule has 0 aliphatic heterocycles. The van der Waals surface area contributed by atoms with Crippen LogP contribution in [0.25, 0.3) is 0 Å². The van der Waals surface area contributed by atoms with Gasteiger partial charge in [0, 0.05) is 13.0 Å². The zero-order chi connectivity index (χ0) is 26.3. The Morgan fingerprint density at radius 2 is 1.71 bits per heavy atom. The number of amides is 1. The van der Waals surface area contributed by atoms with Crippen LogP contribution in [0, 0.1) is 23.7 Å². The fourth-order valence-electron chi connectivity index (χ4n) is 5.60. The van der Waals surface area contributed by atoms with Crippen LogP contribution in [0.1, 0.15) is 94.9 Å². The van der Waals surface area contributed by atoms with Crippen molar-refractivity contribution in [1.29, 1.82) is 0 Å². The van der Waals surface area contributed by atoms with Crippen molar-refractivity contribution >= 4 is 14.4 Å². The molecule has 0 aromatic heterocycles. The molecule has 1 fully saturated rings. The summed E-state index contributed by atoms with van der Waals surface area (Å²) in [7, 11) is -2.01. The number of carbonyl (C=O) groups excluding carboxylic acids is 1. The summed E-state index contributed by atoms with van der Waals surface area (Å²) >= 11 is 0. The zero-order valence-electron chi connectivity index (χ0n) is 23.5. The zero-order valence-corrected chi connectivity index (χ0v) is 24.5. The Balaban J connectivity index is 2.73. The van der Waals surface area contributed by atoms with E-state index in [1.165, 1.54) is 0 Å². The van der Waals surface area contributed by atoms with Gasteiger partial charge >= 0.3 is 6.09 Å². The number of aliphatic hydroxyl groups is 1. The molecule has 0 saturated heterocycles. The van der Waals surface area contributed by atoms with E-state index in [0.717, 1.165) is 18.4 Å². The lowest BCUT2D eigenvalue weighted by atomic mass is 9.75. The molecule has 0 spiro atoms. The van der Waals surface area contributed by atoms with Gasteiger partial charge in [0.25, 0.3) is 0 Å². The van der Waals surface area contributed by atoms with E-state index in [-0.39, 0.29) is 12.0 Å². The Morgan fingerprint density at radius 3 is 2.21 bits per heavy atom. The molecule has 1 aliphatic rings. The lowest BCUT2D eigenvalue weighted by Gasteiger charge is -2.47.